The molecule has 0 aromatic heterocycles. The Kier molecular flexibility index (Phi) is 3.89. The van der Waals surface area contributed by atoms with Crippen molar-refractivity contribution in [2.45, 2.75) is 6.61 Å². The van der Waals surface area contributed by atoms with Gasteiger partial charge in [0.15, 0.2) is 0 Å². The van der Waals surface area contributed by atoms with Crippen LogP contribution >= 0.6 is 23.2 Å². The first kappa shape index (κ1) is 12.2. The lowest BCUT2D eigenvalue weighted by Gasteiger charge is -2.13. The van der Waals surface area contributed by atoms with Crippen LogP contribution in [0, 0.1) is 0 Å². The van der Waals surface area contributed by atoms with Gasteiger partial charge in [-0.1, -0.05) is 47.5 Å². The van der Waals surface area contributed by atoms with Gasteiger partial charge in [0.05, 0.1) is 22.3 Å². The maximum Gasteiger partial charge on any atom is 0.0763 e. The van der Waals surface area contributed by atoms with Crippen molar-refractivity contribution in [3.05, 3.63) is 58.1 Å². The third-order valence-electron chi connectivity index (χ3n) is 2.41. The second-order valence-corrected chi connectivity index (χ2v) is 4.35. The van der Waals surface area contributed by atoms with Crippen LogP contribution in [0.2, 0.25) is 10.0 Å². The van der Waals surface area contributed by atoms with E-state index in [1.807, 2.05) is 24.3 Å². The van der Waals surface area contributed by atoms with Crippen LogP contribution in [0.5, 0.6) is 0 Å². The summed E-state index contributed by atoms with van der Waals surface area (Å²) in [6.07, 6.45) is 0. The van der Waals surface area contributed by atoms with Crippen LogP contribution in [0.1, 0.15) is 5.56 Å². The van der Waals surface area contributed by atoms with E-state index in [0.717, 1.165) is 11.3 Å². The fourth-order valence-electron chi connectivity index (χ4n) is 1.53. The molecule has 2 rings (SSSR count). The summed E-state index contributed by atoms with van der Waals surface area (Å²) in [4.78, 5) is 0. The molecular formula is C13H11Cl2NO. The molecule has 0 atom stereocenters. The second-order valence-electron chi connectivity index (χ2n) is 3.54. The molecule has 0 saturated heterocycles. The van der Waals surface area contributed by atoms with Gasteiger partial charge in [0, 0.05) is 11.3 Å². The first-order valence-corrected chi connectivity index (χ1v) is 5.88. The molecule has 2 aromatic rings. The van der Waals surface area contributed by atoms with Crippen molar-refractivity contribution < 1.29 is 5.11 Å². The number of halogens is 2. The molecule has 0 aliphatic rings. The van der Waals surface area contributed by atoms with Gasteiger partial charge in [-0.25, -0.2) is 0 Å². The minimum Gasteiger partial charge on any atom is -0.392 e. The molecule has 0 bridgehead atoms. The largest absolute Gasteiger partial charge is 0.392 e. The maximum absolute atomic E-state index is 9.23. The van der Waals surface area contributed by atoms with Crippen LogP contribution < -0.4 is 5.32 Å². The first-order chi connectivity index (χ1) is 8.22. The minimum atomic E-state index is -0.0365. The van der Waals surface area contributed by atoms with Crippen LogP contribution in [-0.4, -0.2) is 5.11 Å². The number of anilines is 2. The number of hydrogen-bond acceptors (Lipinski definition) is 2. The van der Waals surface area contributed by atoms with E-state index in [-0.39, 0.29) is 6.61 Å². The Morgan fingerprint density at radius 3 is 2.24 bits per heavy atom. The third-order valence-corrected chi connectivity index (χ3v) is 3.04. The van der Waals surface area contributed by atoms with E-state index in [9.17, 15) is 5.11 Å². The van der Waals surface area contributed by atoms with Crippen molar-refractivity contribution in [1.82, 2.24) is 0 Å². The normalized spacial score (nSPS) is 10.3. The summed E-state index contributed by atoms with van der Waals surface area (Å²) in [7, 11) is 0. The molecule has 0 aliphatic heterocycles. The van der Waals surface area contributed by atoms with Crippen molar-refractivity contribution in [1.29, 1.82) is 0 Å². The Balaban J connectivity index is 2.38. The second kappa shape index (κ2) is 5.41. The van der Waals surface area contributed by atoms with Crippen molar-refractivity contribution in [3.8, 4) is 0 Å². The van der Waals surface area contributed by atoms with Gasteiger partial charge in [0.2, 0.25) is 0 Å². The van der Waals surface area contributed by atoms with Crippen molar-refractivity contribution in [3.63, 3.8) is 0 Å². The lowest BCUT2D eigenvalue weighted by molar-refractivity contribution is 0.282. The molecule has 0 unspecified atom stereocenters. The van der Waals surface area contributed by atoms with E-state index in [4.69, 9.17) is 23.2 Å². The fourth-order valence-corrected chi connectivity index (χ4v) is 2.02. The molecule has 2 aromatic carbocycles. The SMILES string of the molecule is OCc1ccccc1Nc1c(Cl)cccc1Cl. The number of aliphatic hydroxyl groups excluding tert-OH is 1. The summed E-state index contributed by atoms with van der Waals surface area (Å²) in [5.74, 6) is 0. The van der Waals surface area contributed by atoms with Gasteiger partial charge in [0.1, 0.15) is 0 Å². The zero-order chi connectivity index (χ0) is 12.3. The lowest BCUT2D eigenvalue weighted by atomic mass is 10.2. The summed E-state index contributed by atoms with van der Waals surface area (Å²) < 4.78 is 0. The highest BCUT2D eigenvalue weighted by Gasteiger charge is 2.07. The lowest BCUT2D eigenvalue weighted by Crippen LogP contribution is -1.97. The molecule has 0 amide bonds. The van der Waals surface area contributed by atoms with Gasteiger partial charge in [-0.3, -0.25) is 0 Å². The van der Waals surface area contributed by atoms with Crippen molar-refractivity contribution in [2.75, 3.05) is 5.32 Å². The quantitative estimate of drug-likeness (QED) is 0.873. The molecule has 0 fully saturated rings. The predicted octanol–water partition coefficient (Wildman–Crippen LogP) is 4.23. The van der Waals surface area contributed by atoms with Crippen LogP contribution in [0.4, 0.5) is 11.4 Å². The summed E-state index contributed by atoms with van der Waals surface area (Å²) in [5.41, 5.74) is 2.24. The first-order valence-electron chi connectivity index (χ1n) is 5.12. The van der Waals surface area contributed by atoms with Gasteiger partial charge in [-0.05, 0) is 18.2 Å². The van der Waals surface area contributed by atoms with Crippen molar-refractivity contribution >= 4 is 34.6 Å². The Hall–Kier alpha value is -1.22. The van der Waals surface area contributed by atoms with Crippen LogP contribution in [0.15, 0.2) is 42.5 Å². The number of aliphatic hydroxyl groups is 1. The molecule has 0 radical (unpaired) electrons. The van der Waals surface area contributed by atoms with Gasteiger partial charge in [-0.15, -0.1) is 0 Å². The molecule has 4 heteroatoms. The van der Waals surface area contributed by atoms with Gasteiger partial charge < -0.3 is 10.4 Å². The smallest absolute Gasteiger partial charge is 0.0763 e. The van der Waals surface area contributed by atoms with Crippen LogP contribution in [0.3, 0.4) is 0 Å². The zero-order valence-electron chi connectivity index (χ0n) is 8.95. The topological polar surface area (TPSA) is 32.3 Å². The Labute approximate surface area is 110 Å². The highest BCUT2D eigenvalue weighted by molar-refractivity contribution is 6.39. The minimum absolute atomic E-state index is 0.0365. The van der Waals surface area contributed by atoms with E-state index in [0.29, 0.717) is 15.7 Å². The van der Waals surface area contributed by atoms with E-state index in [2.05, 4.69) is 5.32 Å². The fraction of sp³-hybridized carbons (Fsp3) is 0.0769. The predicted molar refractivity (Wildman–Crippen MR) is 72.1 cm³/mol. The van der Waals surface area contributed by atoms with E-state index in [1.54, 1.807) is 18.2 Å². The number of rotatable bonds is 3. The molecule has 0 heterocycles. The molecule has 2 nitrogen and oxygen atoms in total. The van der Waals surface area contributed by atoms with E-state index >= 15 is 0 Å². The Morgan fingerprint density at radius 2 is 1.59 bits per heavy atom. The van der Waals surface area contributed by atoms with Gasteiger partial charge >= 0.3 is 0 Å². The standard InChI is InChI=1S/C13H11Cl2NO/c14-10-5-3-6-11(15)13(10)16-12-7-2-1-4-9(12)8-17/h1-7,16-17H,8H2. The number of para-hydroxylation sites is 2. The monoisotopic (exact) mass is 267 g/mol. The summed E-state index contributed by atoms with van der Waals surface area (Å²) in [6.45, 7) is -0.0365. The summed E-state index contributed by atoms with van der Waals surface area (Å²) >= 11 is 12.1. The average Bonchev–Trinajstić information content (AvgIpc) is 2.34. The summed E-state index contributed by atoms with van der Waals surface area (Å²) in [5, 5.41) is 13.5. The van der Waals surface area contributed by atoms with Gasteiger partial charge in [-0.2, -0.15) is 0 Å². The number of hydrogen-bond donors (Lipinski definition) is 2. The van der Waals surface area contributed by atoms with Crippen LogP contribution in [-0.2, 0) is 6.61 Å². The van der Waals surface area contributed by atoms with E-state index in [1.165, 1.54) is 0 Å². The highest BCUT2D eigenvalue weighted by Crippen LogP contribution is 2.33. The molecule has 2 N–H and O–H groups in total. The third kappa shape index (κ3) is 2.72. The molecule has 0 aliphatic carbocycles. The highest BCUT2D eigenvalue weighted by atomic mass is 35.5. The molecule has 0 saturated carbocycles. The molecule has 17 heavy (non-hydrogen) atoms. The average molecular weight is 268 g/mol. The zero-order valence-corrected chi connectivity index (χ0v) is 10.5. The molecule has 88 valence electrons. The van der Waals surface area contributed by atoms with Gasteiger partial charge in [0.25, 0.3) is 0 Å². The number of benzene rings is 2. The maximum atomic E-state index is 9.23. The molecule has 0 spiro atoms. The Bertz CT molecular complexity index is 508. The van der Waals surface area contributed by atoms with E-state index < -0.39 is 0 Å². The molecular weight excluding hydrogens is 257 g/mol. The van der Waals surface area contributed by atoms with Crippen LogP contribution in [0.25, 0.3) is 0 Å². The number of nitrogens with one attached hydrogen (secondary N) is 1. The summed E-state index contributed by atoms with van der Waals surface area (Å²) in [6, 6.07) is 12.8. The Morgan fingerprint density at radius 1 is 0.941 bits per heavy atom. The van der Waals surface area contributed by atoms with Crippen molar-refractivity contribution in [2.24, 2.45) is 0 Å².